The van der Waals surface area contributed by atoms with Crippen LogP contribution in [0.25, 0.3) is 11.4 Å². The molecule has 0 bridgehead atoms. The fraction of sp³-hybridized carbons (Fsp3) is 0.350. The van der Waals surface area contributed by atoms with Crippen LogP contribution in [0.15, 0.2) is 29.1 Å². The molecule has 2 aromatic heterocycles. The maximum atomic E-state index is 12.7. The minimum atomic E-state index is -4.40. The molecule has 0 atom stereocenters. The molecule has 1 aliphatic rings. The van der Waals surface area contributed by atoms with Crippen LogP contribution in [-0.4, -0.2) is 26.4 Å². The number of alkyl halides is 3. The van der Waals surface area contributed by atoms with E-state index in [2.05, 4.69) is 19.9 Å². The first kappa shape index (κ1) is 19.8. The third-order valence-corrected chi connectivity index (χ3v) is 6.06. The molecule has 0 saturated carbocycles. The topological polar surface area (TPSA) is 61.9 Å². The lowest BCUT2D eigenvalue weighted by atomic mass is 10.1. The quantitative estimate of drug-likeness (QED) is 0.693. The number of benzene rings is 1. The van der Waals surface area contributed by atoms with E-state index in [-0.39, 0.29) is 5.56 Å². The summed E-state index contributed by atoms with van der Waals surface area (Å²) in [6, 6.07) is 4.65. The monoisotopic (exact) mass is 420 g/mol. The SMILES string of the molecule is Cc1nc(C)c(CN2CCc3nc(-c4ccc(C(F)(F)F)cc4)[nH]c(=O)c3C2)s1. The molecular weight excluding hydrogens is 401 g/mol. The zero-order valence-corrected chi connectivity index (χ0v) is 16.7. The molecule has 0 amide bonds. The second-order valence-corrected chi connectivity index (χ2v) is 8.40. The molecule has 4 rings (SSSR count). The van der Waals surface area contributed by atoms with Crippen molar-refractivity contribution in [1.29, 1.82) is 0 Å². The van der Waals surface area contributed by atoms with Crippen LogP contribution in [0, 0.1) is 13.8 Å². The van der Waals surface area contributed by atoms with Gasteiger partial charge >= 0.3 is 6.18 Å². The van der Waals surface area contributed by atoms with Crippen molar-refractivity contribution in [2.24, 2.45) is 0 Å². The Balaban J connectivity index is 1.57. The van der Waals surface area contributed by atoms with Gasteiger partial charge in [0.1, 0.15) is 5.82 Å². The Morgan fingerprint density at radius 1 is 1.17 bits per heavy atom. The van der Waals surface area contributed by atoms with E-state index in [1.54, 1.807) is 11.3 Å². The van der Waals surface area contributed by atoms with Crippen LogP contribution in [0.1, 0.15) is 32.4 Å². The molecule has 152 valence electrons. The number of H-pyrrole nitrogens is 1. The van der Waals surface area contributed by atoms with Gasteiger partial charge in [-0.2, -0.15) is 13.2 Å². The molecule has 0 fully saturated rings. The minimum absolute atomic E-state index is 0.244. The second kappa shape index (κ2) is 7.38. The average molecular weight is 420 g/mol. The van der Waals surface area contributed by atoms with E-state index in [0.717, 1.165) is 35.9 Å². The van der Waals surface area contributed by atoms with Gasteiger partial charge in [-0.3, -0.25) is 9.69 Å². The lowest BCUT2D eigenvalue weighted by molar-refractivity contribution is -0.137. The molecule has 29 heavy (non-hydrogen) atoms. The fourth-order valence-corrected chi connectivity index (χ4v) is 4.47. The van der Waals surface area contributed by atoms with Crippen molar-refractivity contribution in [2.75, 3.05) is 6.54 Å². The summed E-state index contributed by atoms with van der Waals surface area (Å²) < 4.78 is 38.2. The van der Waals surface area contributed by atoms with E-state index in [1.807, 2.05) is 13.8 Å². The number of hydrogen-bond acceptors (Lipinski definition) is 5. The summed E-state index contributed by atoms with van der Waals surface area (Å²) in [5.41, 5.74) is 1.82. The lowest BCUT2D eigenvalue weighted by Crippen LogP contribution is -2.35. The maximum absolute atomic E-state index is 12.7. The smallest absolute Gasteiger partial charge is 0.306 e. The summed E-state index contributed by atoms with van der Waals surface area (Å²) in [6.07, 6.45) is -3.78. The number of hydrogen-bond donors (Lipinski definition) is 1. The van der Waals surface area contributed by atoms with Crippen molar-refractivity contribution < 1.29 is 13.2 Å². The summed E-state index contributed by atoms with van der Waals surface area (Å²) in [5, 5.41) is 1.02. The number of fused-ring (bicyclic) bond motifs is 1. The molecule has 1 aliphatic heterocycles. The van der Waals surface area contributed by atoms with Crippen LogP contribution in [0.4, 0.5) is 13.2 Å². The van der Waals surface area contributed by atoms with Crippen molar-refractivity contribution in [3.63, 3.8) is 0 Å². The highest BCUT2D eigenvalue weighted by molar-refractivity contribution is 7.11. The van der Waals surface area contributed by atoms with Gasteiger partial charge in [-0.25, -0.2) is 9.97 Å². The third-order valence-electron chi connectivity index (χ3n) is 5.00. The van der Waals surface area contributed by atoms with Gasteiger partial charge in [0.25, 0.3) is 5.56 Å². The van der Waals surface area contributed by atoms with Gasteiger partial charge in [-0.1, -0.05) is 12.1 Å². The summed E-state index contributed by atoms with van der Waals surface area (Å²) in [7, 11) is 0. The number of nitrogens with zero attached hydrogens (tertiary/aromatic N) is 3. The molecule has 3 aromatic rings. The first-order valence-corrected chi connectivity index (χ1v) is 9.97. The minimum Gasteiger partial charge on any atom is -0.306 e. The predicted molar refractivity (Wildman–Crippen MR) is 105 cm³/mol. The van der Waals surface area contributed by atoms with Gasteiger partial charge in [0.2, 0.25) is 0 Å². The van der Waals surface area contributed by atoms with Crippen LogP contribution >= 0.6 is 11.3 Å². The highest BCUT2D eigenvalue weighted by atomic mass is 32.1. The van der Waals surface area contributed by atoms with Crippen molar-refractivity contribution in [2.45, 2.75) is 39.5 Å². The molecular formula is C20H19F3N4OS. The molecule has 5 nitrogen and oxygen atoms in total. The van der Waals surface area contributed by atoms with Gasteiger partial charge < -0.3 is 4.98 Å². The number of rotatable bonds is 3. The number of halogens is 3. The first-order valence-electron chi connectivity index (χ1n) is 9.15. The van der Waals surface area contributed by atoms with Crippen molar-refractivity contribution in [3.8, 4) is 11.4 Å². The van der Waals surface area contributed by atoms with E-state index in [1.165, 1.54) is 17.0 Å². The van der Waals surface area contributed by atoms with Gasteiger partial charge in [0.05, 0.1) is 27.5 Å². The van der Waals surface area contributed by atoms with Gasteiger partial charge in [0.15, 0.2) is 0 Å². The Kier molecular flexibility index (Phi) is 5.04. The van der Waals surface area contributed by atoms with Gasteiger partial charge in [-0.05, 0) is 26.0 Å². The third kappa shape index (κ3) is 4.11. The van der Waals surface area contributed by atoms with Gasteiger partial charge in [-0.15, -0.1) is 11.3 Å². The van der Waals surface area contributed by atoms with Crippen LogP contribution in [0.5, 0.6) is 0 Å². The van der Waals surface area contributed by atoms with Gasteiger partial charge in [0, 0.05) is 36.5 Å². The maximum Gasteiger partial charge on any atom is 0.416 e. The molecule has 0 radical (unpaired) electrons. The predicted octanol–water partition coefficient (Wildman–Crippen LogP) is 4.09. The Hall–Kier alpha value is -2.52. The number of aromatic amines is 1. The van der Waals surface area contributed by atoms with E-state index < -0.39 is 11.7 Å². The first-order chi connectivity index (χ1) is 13.7. The van der Waals surface area contributed by atoms with E-state index in [9.17, 15) is 18.0 Å². The second-order valence-electron chi connectivity index (χ2n) is 7.12. The molecule has 3 heterocycles. The van der Waals surface area contributed by atoms with Crippen LogP contribution in [-0.2, 0) is 25.7 Å². The van der Waals surface area contributed by atoms with Crippen molar-refractivity contribution in [1.82, 2.24) is 19.9 Å². The summed E-state index contributed by atoms with van der Waals surface area (Å²) in [4.78, 5) is 27.7. The molecule has 9 heteroatoms. The number of thiazole rings is 1. The van der Waals surface area contributed by atoms with Crippen molar-refractivity contribution in [3.05, 3.63) is 67.0 Å². The summed E-state index contributed by atoms with van der Waals surface area (Å²) in [6.45, 7) is 5.94. The standard InChI is InChI=1S/C20H19F3N4OS/c1-11-17(29-12(2)24-11)10-27-8-7-16-15(9-27)19(28)26-18(25-16)13-3-5-14(6-4-13)20(21,22)23/h3-6H,7-10H2,1-2H3,(H,25,26,28). The highest BCUT2D eigenvalue weighted by Crippen LogP contribution is 2.30. The Morgan fingerprint density at radius 3 is 2.52 bits per heavy atom. The summed E-state index contributed by atoms with van der Waals surface area (Å²) >= 11 is 1.66. The van der Waals surface area contributed by atoms with Crippen LogP contribution < -0.4 is 5.56 Å². The average Bonchev–Trinajstić information content (AvgIpc) is 2.98. The van der Waals surface area contributed by atoms with E-state index >= 15 is 0 Å². The lowest BCUT2D eigenvalue weighted by Gasteiger charge is -2.27. The number of nitrogens with one attached hydrogen (secondary N) is 1. The summed E-state index contributed by atoms with van der Waals surface area (Å²) in [5.74, 6) is 0.296. The van der Waals surface area contributed by atoms with Crippen LogP contribution in [0.2, 0.25) is 0 Å². The number of aromatic nitrogens is 3. The van der Waals surface area contributed by atoms with E-state index in [0.29, 0.717) is 35.6 Å². The number of aryl methyl sites for hydroxylation is 2. The molecule has 0 unspecified atom stereocenters. The molecule has 1 aromatic carbocycles. The zero-order valence-electron chi connectivity index (χ0n) is 15.9. The molecule has 0 spiro atoms. The Labute approximate surface area is 169 Å². The fourth-order valence-electron chi connectivity index (χ4n) is 3.49. The Morgan fingerprint density at radius 2 is 1.90 bits per heavy atom. The molecule has 0 aliphatic carbocycles. The van der Waals surface area contributed by atoms with Crippen molar-refractivity contribution >= 4 is 11.3 Å². The zero-order chi connectivity index (χ0) is 20.8. The highest BCUT2D eigenvalue weighted by Gasteiger charge is 2.30. The van der Waals surface area contributed by atoms with E-state index in [4.69, 9.17) is 0 Å². The Bertz CT molecular complexity index is 1100. The molecule has 1 N–H and O–H groups in total. The van der Waals surface area contributed by atoms with Crippen LogP contribution in [0.3, 0.4) is 0 Å². The normalized spacial score (nSPS) is 14.8. The largest absolute Gasteiger partial charge is 0.416 e. The molecule has 0 saturated heterocycles.